The fourth-order valence-corrected chi connectivity index (χ4v) is 4.58. The lowest BCUT2D eigenvalue weighted by molar-refractivity contribution is -0.126. The van der Waals surface area contributed by atoms with E-state index in [-0.39, 0.29) is 21.8 Å². The van der Waals surface area contributed by atoms with Crippen molar-refractivity contribution in [3.63, 3.8) is 0 Å². The lowest BCUT2D eigenvalue weighted by Crippen LogP contribution is -2.37. The highest BCUT2D eigenvalue weighted by Crippen LogP contribution is 2.49. The molecule has 0 aromatic heterocycles. The number of aromatic carboxylic acids is 1. The zero-order valence-corrected chi connectivity index (χ0v) is 17.6. The maximum absolute atomic E-state index is 15.0. The molecule has 0 radical (unpaired) electrons. The number of hydrogen-bond acceptors (Lipinski definition) is 5. The Morgan fingerprint density at radius 2 is 1.61 bits per heavy atom. The minimum absolute atomic E-state index is 0.0144. The van der Waals surface area contributed by atoms with Crippen molar-refractivity contribution in [1.82, 2.24) is 0 Å². The van der Waals surface area contributed by atoms with Crippen molar-refractivity contribution in [2.45, 2.75) is 12.1 Å². The van der Waals surface area contributed by atoms with Gasteiger partial charge in [0, 0.05) is 10.6 Å². The van der Waals surface area contributed by atoms with E-state index in [9.17, 15) is 18.8 Å². The van der Waals surface area contributed by atoms with E-state index < -0.39 is 41.7 Å². The first kappa shape index (κ1) is 21.1. The molecule has 7 nitrogen and oxygen atoms in total. The molecule has 2 aliphatic rings. The Bertz CT molecular complexity index is 1250. The summed E-state index contributed by atoms with van der Waals surface area (Å²) in [6.07, 6.45) is -1.20. The summed E-state index contributed by atoms with van der Waals surface area (Å²) in [5, 5.41) is 10.6. The molecule has 166 valence electrons. The number of benzene rings is 3. The molecule has 3 aromatic carbocycles. The number of hydroxylamine groups is 1. The predicted octanol–water partition coefficient (Wildman–Crippen LogP) is 4.23. The molecule has 0 aliphatic carbocycles. The van der Waals surface area contributed by atoms with Crippen LogP contribution in [0.3, 0.4) is 0 Å². The standard InChI is InChI=1S/C24H16ClFN2O5/c25-16-7-4-8-17(26)18(16)20-19-21(33-28(20)15-5-2-1-3-6-15)23(30)27(22(19)29)14-11-9-13(10-12-14)24(31)32/h1-12,19-21H,(H,31,32)/t19-,20-,21-/m1/s1. The number of para-hydroxylation sites is 1. The van der Waals surface area contributed by atoms with Crippen LogP contribution in [0.2, 0.25) is 5.02 Å². The maximum Gasteiger partial charge on any atom is 0.335 e. The van der Waals surface area contributed by atoms with Gasteiger partial charge in [0.15, 0.2) is 6.10 Å². The Hall–Kier alpha value is -3.75. The van der Waals surface area contributed by atoms with E-state index >= 15 is 0 Å². The highest BCUT2D eigenvalue weighted by molar-refractivity contribution is 6.31. The third-order valence-corrected chi connectivity index (χ3v) is 6.12. The van der Waals surface area contributed by atoms with Crippen LogP contribution in [-0.4, -0.2) is 29.0 Å². The molecule has 2 amide bonds. The molecular weight excluding hydrogens is 451 g/mol. The molecule has 9 heteroatoms. The van der Waals surface area contributed by atoms with Crippen molar-refractivity contribution in [2.75, 3.05) is 9.96 Å². The van der Waals surface area contributed by atoms with E-state index in [1.807, 2.05) is 0 Å². The molecule has 0 unspecified atom stereocenters. The number of imide groups is 1. The largest absolute Gasteiger partial charge is 0.478 e. The van der Waals surface area contributed by atoms with Gasteiger partial charge in [0.2, 0.25) is 5.91 Å². The van der Waals surface area contributed by atoms with Gasteiger partial charge in [-0.25, -0.2) is 19.1 Å². The van der Waals surface area contributed by atoms with Crippen LogP contribution in [0.5, 0.6) is 0 Å². The molecule has 3 atom stereocenters. The van der Waals surface area contributed by atoms with Crippen LogP contribution in [-0.2, 0) is 14.4 Å². The first-order valence-corrected chi connectivity index (χ1v) is 10.4. The molecule has 2 fully saturated rings. The second kappa shape index (κ2) is 7.99. The summed E-state index contributed by atoms with van der Waals surface area (Å²) in [6, 6.07) is 17.3. The number of amides is 2. The Morgan fingerprint density at radius 3 is 2.24 bits per heavy atom. The number of carboxylic acids is 1. The number of hydrogen-bond donors (Lipinski definition) is 1. The summed E-state index contributed by atoms with van der Waals surface area (Å²) in [7, 11) is 0. The van der Waals surface area contributed by atoms with E-state index in [1.165, 1.54) is 47.5 Å². The van der Waals surface area contributed by atoms with Gasteiger partial charge in [-0.1, -0.05) is 35.9 Å². The summed E-state index contributed by atoms with van der Waals surface area (Å²) in [4.78, 5) is 44.8. The number of carbonyl (C=O) groups is 3. The first-order chi connectivity index (χ1) is 15.9. The third-order valence-electron chi connectivity index (χ3n) is 5.79. The predicted molar refractivity (Wildman–Crippen MR) is 117 cm³/mol. The fraction of sp³-hybridized carbons (Fsp3) is 0.125. The molecule has 0 spiro atoms. The van der Waals surface area contributed by atoms with Crippen molar-refractivity contribution in [2.24, 2.45) is 5.92 Å². The molecule has 1 N–H and O–H groups in total. The zero-order chi connectivity index (χ0) is 23.3. The number of carboxylic acid groups (broad SMARTS) is 1. The van der Waals surface area contributed by atoms with Crippen LogP contribution in [0.25, 0.3) is 0 Å². The molecule has 0 saturated carbocycles. The Balaban J connectivity index is 1.59. The maximum atomic E-state index is 15.0. The monoisotopic (exact) mass is 466 g/mol. The lowest BCUT2D eigenvalue weighted by atomic mass is 9.90. The van der Waals surface area contributed by atoms with Crippen LogP contribution in [0.15, 0.2) is 72.8 Å². The molecule has 0 bridgehead atoms. The highest BCUT2D eigenvalue weighted by atomic mass is 35.5. The van der Waals surface area contributed by atoms with Crippen LogP contribution in [0, 0.1) is 11.7 Å². The molecule has 2 aliphatic heterocycles. The van der Waals surface area contributed by atoms with E-state index in [0.717, 1.165) is 4.90 Å². The van der Waals surface area contributed by atoms with Crippen LogP contribution in [0.4, 0.5) is 15.8 Å². The van der Waals surface area contributed by atoms with Crippen LogP contribution >= 0.6 is 11.6 Å². The average Bonchev–Trinajstić information content (AvgIpc) is 3.30. The first-order valence-electron chi connectivity index (χ1n) is 10.0. The van der Waals surface area contributed by atoms with Gasteiger partial charge in [0.1, 0.15) is 17.8 Å². The average molecular weight is 467 g/mol. The summed E-state index contributed by atoms with van der Waals surface area (Å²) >= 11 is 6.35. The smallest absolute Gasteiger partial charge is 0.335 e. The summed E-state index contributed by atoms with van der Waals surface area (Å²) < 4.78 is 15.0. The van der Waals surface area contributed by atoms with E-state index in [4.69, 9.17) is 21.5 Å². The normalized spacial score (nSPS) is 22.1. The SMILES string of the molecule is O=C(O)c1ccc(N2C(=O)[C@@H]3[C@@H](c4c(F)cccc4Cl)N(c4ccccc4)O[C@H]3C2=O)cc1. The number of halogens is 2. The van der Waals surface area contributed by atoms with Gasteiger partial charge in [0.25, 0.3) is 5.91 Å². The second-order valence-electron chi connectivity index (χ2n) is 7.66. The van der Waals surface area contributed by atoms with Crippen LogP contribution in [0.1, 0.15) is 22.0 Å². The minimum Gasteiger partial charge on any atom is -0.478 e. The lowest BCUT2D eigenvalue weighted by Gasteiger charge is -2.29. The molecule has 5 rings (SSSR count). The van der Waals surface area contributed by atoms with E-state index in [2.05, 4.69) is 0 Å². The molecule has 3 aromatic rings. The Morgan fingerprint density at radius 1 is 0.909 bits per heavy atom. The number of nitrogens with zero attached hydrogens (tertiary/aromatic N) is 2. The minimum atomic E-state index is -1.20. The fourth-order valence-electron chi connectivity index (χ4n) is 4.31. The van der Waals surface area contributed by atoms with Gasteiger partial charge < -0.3 is 5.11 Å². The zero-order valence-electron chi connectivity index (χ0n) is 16.9. The van der Waals surface area contributed by atoms with Gasteiger partial charge >= 0.3 is 5.97 Å². The molecule has 2 heterocycles. The summed E-state index contributed by atoms with van der Waals surface area (Å²) in [6.45, 7) is 0. The van der Waals surface area contributed by atoms with Gasteiger partial charge in [-0.2, -0.15) is 0 Å². The second-order valence-corrected chi connectivity index (χ2v) is 8.06. The number of fused-ring (bicyclic) bond motifs is 1. The highest BCUT2D eigenvalue weighted by Gasteiger charge is 2.61. The van der Waals surface area contributed by atoms with E-state index in [0.29, 0.717) is 5.69 Å². The van der Waals surface area contributed by atoms with Crippen molar-refractivity contribution in [1.29, 1.82) is 0 Å². The Labute approximate surface area is 192 Å². The van der Waals surface area contributed by atoms with Gasteiger partial charge in [-0.05, 0) is 48.5 Å². The van der Waals surface area contributed by atoms with Gasteiger partial charge in [0.05, 0.1) is 16.9 Å². The third kappa shape index (κ3) is 3.35. The molecular formula is C24H16ClFN2O5. The van der Waals surface area contributed by atoms with Gasteiger partial charge in [-0.3, -0.25) is 14.4 Å². The topological polar surface area (TPSA) is 87.2 Å². The van der Waals surface area contributed by atoms with Crippen molar-refractivity contribution in [3.8, 4) is 0 Å². The quantitative estimate of drug-likeness (QED) is 0.579. The van der Waals surface area contributed by atoms with Gasteiger partial charge in [-0.15, -0.1) is 0 Å². The number of rotatable bonds is 4. The van der Waals surface area contributed by atoms with E-state index in [1.54, 1.807) is 30.3 Å². The Kier molecular flexibility index (Phi) is 5.11. The van der Waals surface area contributed by atoms with Crippen LogP contribution < -0.4 is 9.96 Å². The number of anilines is 2. The van der Waals surface area contributed by atoms with Crippen molar-refractivity contribution >= 4 is 40.8 Å². The van der Waals surface area contributed by atoms with Crippen molar-refractivity contribution < 1.29 is 28.7 Å². The number of carbonyl (C=O) groups excluding carboxylic acids is 2. The summed E-state index contributed by atoms with van der Waals surface area (Å²) in [5.41, 5.74) is 0.812. The van der Waals surface area contributed by atoms with Crippen molar-refractivity contribution in [3.05, 3.63) is 94.8 Å². The molecule has 33 heavy (non-hydrogen) atoms. The summed E-state index contributed by atoms with van der Waals surface area (Å²) in [5.74, 6) is -4.03. The molecule has 2 saturated heterocycles.